The van der Waals surface area contributed by atoms with Crippen molar-refractivity contribution in [3.05, 3.63) is 36.4 Å². The highest BCUT2D eigenvalue weighted by atomic mass is 32.2. The Kier molecular flexibility index (Phi) is 10.9. The normalized spacial score (nSPS) is 16.1. The number of esters is 1. The molecule has 3 rings (SSSR count). The molecule has 0 bridgehead atoms. The molecular formula is C31H45NO6S2. The maximum Gasteiger partial charge on any atom is 0.344 e. The van der Waals surface area contributed by atoms with Crippen molar-refractivity contribution in [1.82, 2.24) is 0 Å². The van der Waals surface area contributed by atoms with E-state index in [-0.39, 0.29) is 17.3 Å². The van der Waals surface area contributed by atoms with Gasteiger partial charge < -0.3 is 19.1 Å². The number of rotatable bonds is 12. The molecule has 0 N–H and O–H groups in total. The fourth-order valence-corrected chi connectivity index (χ4v) is 7.91. The van der Waals surface area contributed by atoms with E-state index in [0.717, 1.165) is 54.9 Å². The summed E-state index contributed by atoms with van der Waals surface area (Å²) in [7, 11) is -2.06. The molecule has 0 atom stereocenters. The van der Waals surface area contributed by atoms with E-state index in [2.05, 4.69) is 18.7 Å². The van der Waals surface area contributed by atoms with Crippen molar-refractivity contribution in [2.75, 3.05) is 37.2 Å². The van der Waals surface area contributed by atoms with Crippen LogP contribution in [0.15, 0.2) is 46.2 Å². The van der Waals surface area contributed by atoms with Gasteiger partial charge in [0.15, 0.2) is 16.4 Å². The van der Waals surface area contributed by atoms with Gasteiger partial charge in [0.1, 0.15) is 17.1 Å². The first-order valence-corrected chi connectivity index (χ1v) is 17.0. The summed E-state index contributed by atoms with van der Waals surface area (Å²) in [5.74, 6) is 0.676. The Morgan fingerprint density at radius 3 is 2.20 bits per heavy atom. The number of benzene rings is 2. The highest BCUT2D eigenvalue weighted by Crippen LogP contribution is 2.48. The molecule has 40 heavy (non-hydrogen) atoms. The molecule has 0 unspecified atom stereocenters. The lowest BCUT2D eigenvalue weighted by atomic mass is 9.79. The monoisotopic (exact) mass is 591 g/mol. The summed E-state index contributed by atoms with van der Waals surface area (Å²) < 4.78 is 45.1. The van der Waals surface area contributed by atoms with E-state index in [1.54, 1.807) is 33.9 Å². The zero-order valence-corrected chi connectivity index (χ0v) is 26.7. The predicted molar refractivity (Wildman–Crippen MR) is 163 cm³/mol. The van der Waals surface area contributed by atoms with Crippen LogP contribution in [0.3, 0.4) is 0 Å². The first-order chi connectivity index (χ1) is 18.9. The SMILES string of the molecule is CCCCC1(CCCC)CN(c2ccc(OC)cc2)c2cc(SC)c(OCC(=O)OC(C)(C)C)cc2S(=O)(=O)C1. The van der Waals surface area contributed by atoms with Gasteiger partial charge in [-0.2, -0.15) is 0 Å². The minimum Gasteiger partial charge on any atom is -0.497 e. The van der Waals surface area contributed by atoms with Gasteiger partial charge in [-0.05, 0) is 70.2 Å². The largest absolute Gasteiger partial charge is 0.497 e. The second-order valence-corrected chi connectivity index (χ2v) is 14.4. The van der Waals surface area contributed by atoms with Gasteiger partial charge in [0.05, 0.1) is 28.3 Å². The van der Waals surface area contributed by atoms with Crippen molar-refractivity contribution in [3.63, 3.8) is 0 Å². The van der Waals surface area contributed by atoms with Crippen LogP contribution in [-0.2, 0) is 19.4 Å². The standard InChI is InChI=1S/C31H45NO6S2/c1-8-10-16-31(17-11-9-2)21-32(23-12-14-24(36-6)15-13-23)25-18-27(39-7)26(19-28(25)40(34,35)22-31)37-20-29(33)38-30(3,4)5/h12-15,18-19H,8-11,16-17,20-22H2,1-7H3. The number of thioether (sulfide) groups is 1. The summed E-state index contributed by atoms with van der Waals surface area (Å²) in [6, 6.07) is 11.3. The fraction of sp³-hybridized carbons (Fsp3) is 0.581. The molecule has 222 valence electrons. The molecule has 2 aromatic carbocycles. The number of sulfone groups is 1. The summed E-state index contributed by atoms with van der Waals surface area (Å²) in [5.41, 5.74) is 0.500. The van der Waals surface area contributed by atoms with Crippen LogP contribution >= 0.6 is 11.8 Å². The average molecular weight is 592 g/mol. The van der Waals surface area contributed by atoms with Crippen LogP contribution in [0.2, 0.25) is 0 Å². The van der Waals surface area contributed by atoms with Gasteiger partial charge in [-0.1, -0.05) is 39.5 Å². The van der Waals surface area contributed by atoms with Crippen LogP contribution in [0, 0.1) is 5.41 Å². The third-order valence-electron chi connectivity index (χ3n) is 7.13. The number of ether oxygens (including phenoxy) is 3. The zero-order chi connectivity index (χ0) is 29.6. The molecular weight excluding hydrogens is 546 g/mol. The molecule has 0 radical (unpaired) electrons. The number of hydrogen-bond donors (Lipinski definition) is 0. The third-order valence-corrected chi connectivity index (χ3v) is 9.88. The molecule has 2 aromatic rings. The Labute approximate surface area is 244 Å². The van der Waals surface area contributed by atoms with E-state index >= 15 is 0 Å². The maximum atomic E-state index is 14.2. The van der Waals surface area contributed by atoms with Crippen molar-refractivity contribution >= 4 is 38.9 Å². The van der Waals surface area contributed by atoms with Gasteiger partial charge in [0.25, 0.3) is 0 Å². The van der Waals surface area contributed by atoms with Gasteiger partial charge in [-0.25, -0.2) is 13.2 Å². The van der Waals surface area contributed by atoms with Crippen LogP contribution in [-0.4, -0.2) is 52.3 Å². The average Bonchev–Trinajstić information content (AvgIpc) is 3.00. The highest BCUT2D eigenvalue weighted by Gasteiger charge is 2.42. The molecule has 7 nitrogen and oxygen atoms in total. The van der Waals surface area contributed by atoms with Gasteiger partial charge in [0.2, 0.25) is 0 Å². The number of methoxy groups -OCH3 is 1. The predicted octanol–water partition coefficient (Wildman–Crippen LogP) is 7.43. The minimum absolute atomic E-state index is 0.0732. The van der Waals surface area contributed by atoms with Gasteiger partial charge in [0, 0.05) is 23.7 Å². The molecule has 1 aliphatic rings. The number of carbonyl (C=O) groups is 1. The lowest BCUT2D eigenvalue weighted by molar-refractivity contribution is -0.157. The molecule has 1 aliphatic heterocycles. The quantitative estimate of drug-likeness (QED) is 0.186. The first kappa shape index (κ1) is 32.1. The Hall–Kier alpha value is -2.39. The number of unbranched alkanes of at least 4 members (excludes halogenated alkanes) is 2. The number of fused-ring (bicyclic) bond motifs is 1. The number of carbonyl (C=O) groups excluding carboxylic acids is 1. The molecule has 0 saturated heterocycles. The van der Waals surface area contributed by atoms with Crippen molar-refractivity contribution < 1.29 is 27.4 Å². The number of anilines is 2. The number of hydrogen-bond acceptors (Lipinski definition) is 8. The van der Waals surface area contributed by atoms with E-state index in [0.29, 0.717) is 18.0 Å². The van der Waals surface area contributed by atoms with Crippen molar-refractivity contribution in [2.45, 2.75) is 88.5 Å². The molecule has 0 amide bonds. The fourth-order valence-electron chi connectivity index (χ4n) is 5.24. The molecule has 0 spiro atoms. The van der Waals surface area contributed by atoms with Crippen LogP contribution in [0.25, 0.3) is 0 Å². The molecule has 0 aromatic heterocycles. The third kappa shape index (κ3) is 8.09. The highest BCUT2D eigenvalue weighted by molar-refractivity contribution is 7.98. The van der Waals surface area contributed by atoms with E-state index in [4.69, 9.17) is 14.2 Å². The van der Waals surface area contributed by atoms with Gasteiger partial charge in [-0.15, -0.1) is 11.8 Å². The van der Waals surface area contributed by atoms with Gasteiger partial charge >= 0.3 is 5.97 Å². The van der Waals surface area contributed by atoms with E-state index < -0.39 is 26.8 Å². The van der Waals surface area contributed by atoms with Gasteiger partial charge in [-0.3, -0.25) is 0 Å². The van der Waals surface area contributed by atoms with Crippen molar-refractivity contribution in [1.29, 1.82) is 0 Å². The van der Waals surface area contributed by atoms with Crippen LogP contribution < -0.4 is 14.4 Å². The Bertz CT molecular complexity index is 1240. The summed E-state index contributed by atoms with van der Waals surface area (Å²) in [5, 5.41) is 0. The summed E-state index contributed by atoms with van der Waals surface area (Å²) >= 11 is 1.45. The topological polar surface area (TPSA) is 82.1 Å². The Balaban J connectivity index is 2.16. The Morgan fingerprint density at radius 2 is 1.68 bits per heavy atom. The van der Waals surface area contributed by atoms with Crippen LogP contribution in [0.4, 0.5) is 11.4 Å². The van der Waals surface area contributed by atoms with Crippen LogP contribution in [0.5, 0.6) is 11.5 Å². The minimum atomic E-state index is -3.69. The molecule has 1 heterocycles. The van der Waals surface area contributed by atoms with E-state index in [1.807, 2.05) is 36.6 Å². The second-order valence-electron chi connectivity index (χ2n) is 11.6. The lowest BCUT2D eigenvalue weighted by Gasteiger charge is -2.37. The molecule has 0 aliphatic carbocycles. The number of nitrogens with zero attached hydrogens (tertiary/aromatic N) is 1. The lowest BCUT2D eigenvalue weighted by Crippen LogP contribution is -2.38. The summed E-state index contributed by atoms with van der Waals surface area (Å²) in [6.45, 7) is 9.97. The summed E-state index contributed by atoms with van der Waals surface area (Å²) in [4.78, 5) is 15.5. The van der Waals surface area contributed by atoms with E-state index in [1.165, 1.54) is 11.8 Å². The first-order valence-electron chi connectivity index (χ1n) is 14.1. The summed E-state index contributed by atoms with van der Waals surface area (Å²) in [6.07, 6.45) is 7.52. The smallest absolute Gasteiger partial charge is 0.344 e. The van der Waals surface area contributed by atoms with E-state index in [9.17, 15) is 13.2 Å². The zero-order valence-electron chi connectivity index (χ0n) is 25.0. The molecule has 0 saturated carbocycles. The van der Waals surface area contributed by atoms with Crippen LogP contribution in [0.1, 0.15) is 73.1 Å². The van der Waals surface area contributed by atoms with Crippen molar-refractivity contribution in [3.8, 4) is 11.5 Å². The molecule has 9 heteroatoms. The second kappa shape index (κ2) is 13.5. The van der Waals surface area contributed by atoms with Crippen molar-refractivity contribution in [2.24, 2.45) is 5.41 Å². The molecule has 0 fully saturated rings. The Morgan fingerprint density at radius 1 is 1.05 bits per heavy atom. The maximum absolute atomic E-state index is 14.2.